The molecule has 1 aliphatic rings. The van der Waals surface area contributed by atoms with Gasteiger partial charge in [0.25, 0.3) is 5.91 Å². The first kappa shape index (κ1) is 12.5. The maximum Gasteiger partial charge on any atom is 0.280 e. The van der Waals surface area contributed by atoms with Gasteiger partial charge < -0.3 is 10.1 Å². The number of hydrogen-bond donors (Lipinski definition) is 2. The molecule has 6 nitrogen and oxygen atoms in total. The third-order valence-electron chi connectivity index (χ3n) is 3.47. The lowest BCUT2D eigenvalue weighted by Gasteiger charge is -1.99. The van der Waals surface area contributed by atoms with Crippen LogP contribution in [0.4, 0.5) is 0 Å². The van der Waals surface area contributed by atoms with Crippen molar-refractivity contribution in [2.24, 2.45) is 4.99 Å². The fraction of sp³-hybridized carbons (Fsp3) is 0. The van der Waals surface area contributed by atoms with Gasteiger partial charge in [0.05, 0.1) is 28.2 Å². The number of hydrogen-bond acceptors (Lipinski definition) is 4. The van der Waals surface area contributed by atoms with Crippen molar-refractivity contribution >= 4 is 11.6 Å². The number of fused-ring (bicyclic) bond motifs is 1. The van der Waals surface area contributed by atoms with Crippen LogP contribution in [0.1, 0.15) is 21.6 Å². The van der Waals surface area contributed by atoms with E-state index < -0.39 is 5.91 Å². The highest BCUT2D eigenvalue weighted by molar-refractivity contribution is 6.29. The first-order chi connectivity index (χ1) is 10.8. The number of aliphatic imine (C=N–C) groups is 1. The molecule has 3 aromatic heterocycles. The topological polar surface area (TPSA) is 91.2 Å². The SMILES string of the molecule is O=C1N=C(c2ccccn2)c2c(O)[nH]c(-c3ccccn3)c21. The van der Waals surface area contributed by atoms with Crippen LogP contribution in [0, 0.1) is 0 Å². The van der Waals surface area contributed by atoms with E-state index in [1.165, 1.54) is 0 Å². The molecular weight excluding hydrogens is 280 g/mol. The summed E-state index contributed by atoms with van der Waals surface area (Å²) in [6.45, 7) is 0. The summed E-state index contributed by atoms with van der Waals surface area (Å²) in [4.78, 5) is 27.6. The van der Waals surface area contributed by atoms with Gasteiger partial charge in [0, 0.05) is 12.4 Å². The van der Waals surface area contributed by atoms with E-state index >= 15 is 0 Å². The fourth-order valence-corrected chi connectivity index (χ4v) is 2.54. The molecule has 0 aromatic carbocycles. The second kappa shape index (κ2) is 4.63. The van der Waals surface area contributed by atoms with Gasteiger partial charge in [0.1, 0.15) is 5.71 Å². The Morgan fingerprint density at radius 1 is 0.909 bits per heavy atom. The zero-order chi connectivity index (χ0) is 15.1. The molecule has 2 N–H and O–H groups in total. The Morgan fingerprint density at radius 2 is 1.59 bits per heavy atom. The van der Waals surface area contributed by atoms with Crippen LogP contribution in [0.5, 0.6) is 5.88 Å². The van der Waals surface area contributed by atoms with Crippen molar-refractivity contribution in [3.05, 3.63) is 65.6 Å². The number of carbonyl (C=O) groups is 1. The number of aromatic hydroxyl groups is 1. The van der Waals surface area contributed by atoms with Gasteiger partial charge in [-0.25, -0.2) is 4.99 Å². The van der Waals surface area contributed by atoms with Crippen LogP contribution in [0.15, 0.2) is 53.8 Å². The van der Waals surface area contributed by atoms with Crippen molar-refractivity contribution in [2.45, 2.75) is 0 Å². The fourth-order valence-electron chi connectivity index (χ4n) is 2.54. The van der Waals surface area contributed by atoms with Crippen LogP contribution in [-0.2, 0) is 0 Å². The highest BCUT2D eigenvalue weighted by atomic mass is 16.3. The number of carbonyl (C=O) groups excluding carboxylic acids is 1. The zero-order valence-electron chi connectivity index (χ0n) is 11.3. The van der Waals surface area contributed by atoms with Gasteiger partial charge in [-0.2, -0.15) is 0 Å². The average molecular weight is 290 g/mol. The van der Waals surface area contributed by atoms with E-state index in [0.717, 1.165) is 0 Å². The second-order valence-electron chi connectivity index (χ2n) is 4.79. The third-order valence-corrected chi connectivity index (χ3v) is 3.47. The van der Waals surface area contributed by atoms with Crippen LogP contribution in [0.25, 0.3) is 11.4 Å². The number of nitrogens with one attached hydrogen (secondary N) is 1. The number of rotatable bonds is 2. The molecule has 0 aliphatic carbocycles. The van der Waals surface area contributed by atoms with E-state index in [-0.39, 0.29) is 5.88 Å². The van der Waals surface area contributed by atoms with Crippen LogP contribution in [0.3, 0.4) is 0 Å². The Hall–Kier alpha value is -3.28. The minimum absolute atomic E-state index is 0.106. The maximum absolute atomic E-state index is 12.3. The molecule has 1 aliphatic heterocycles. The first-order valence-corrected chi connectivity index (χ1v) is 6.67. The first-order valence-electron chi connectivity index (χ1n) is 6.67. The lowest BCUT2D eigenvalue weighted by atomic mass is 10.0. The summed E-state index contributed by atoms with van der Waals surface area (Å²) >= 11 is 0. The number of aromatic amines is 1. The molecule has 0 radical (unpaired) electrons. The van der Waals surface area contributed by atoms with Crippen LogP contribution >= 0.6 is 0 Å². The third kappa shape index (κ3) is 1.74. The Balaban J connectivity index is 1.92. The Morgan fingerprint density at radius 3 is 2.23 bits per heavy atom. The van der Waals surface area contributed by atoms with E-state index in [0.29, 0.717) is 33.9 Å². The van der Waals surface area contributed by atoms with Gasteiger partial charge in [0.2, 0.25) is 0 Å². The lowest BCUT2D eigenvalue weighted by Crippen LogP contribution is -2.02. The van der Waals surface area contributed by atoms with Crippen molar-refractivity contribution in [2.75, 3.05) is 0 Å². The molecule has 0 bridgehead atoms. The van der Waals surface area contributed by atoms with Crippen molar-refractivity contribution in [3.8, 4) is 17.3 Å². The Kier molecular flexibility index (Phi) is 2.62. The number of nitrogens with zero attached hydrogens (tertiary/aromatic N) is 3. The smallest absolute Gasteiger partial charge is 0.280 e. The van der Waals surface area contributed by atoms with Crippen LogP contribution in [-0.4, -0.2) is 31.7 Å². The summed E-state index contributed by atoms with van der Waals surface area (Å²) in [5.74, 6) is -0.515. The number of H-pyrrole nitrogens is 1. The summed E-state index contributed by atoms with van der Waals surface area (Å²) < 4.78 is 0. The molecule has 3 aromatic rings. The molecule has 4 heterocycles. The molecule has 6 heteroatoms. The standard InChI is InChI=1S/C16H10N4O2/c21-15-11-12(14(20-15)10-6-2-4-8-18-10)16(22)19-13(11)9-5-1-3-7-17-9/h1-8,19,22H. The highest BCUT2D eigenvalue weighted by Gasteiger charge is 2.34. The predicted molar refractivity (Wildman–Crippen MR) is 79.9 cm³/mol. The summed E-state index contributed by atoms with van der Waals surface area (Å²) in [5.41, 5.74) is 2.66. The highest BCUT2D eigenvalue weighted by Crippen LogP contribution is 2.36. The average Bonchev–Trinajstić information content (AvgIpc) is 3.09. The second-order valence-corrected chi connectivity index (χ2v) is 4.79. The minimum Gasteiger partial charge on any atom is -0.494 e. The molecular formula is C16H10N4O2. The number of pyridine rings is 2. The molecule has 1 amide bonds. The Labute approximate surface area is 125 Å². The molecule has 0 spiro atoms. The maximum atomic E-state index is 12.3. The lowest BCUT2D eigenvalue weighted by molar-refractivity contribution is 0.101. The predicted octanol–water partition coefficient (Wildman–Crippen LogP) is 2.17. The molecule has 22 heavy (non-hydrogen) atoms. The van der Waals surface area contributed by atoms with Gasteiger partial charge in [0.15, 0.2) is 5.88 Å². The normalized spacial score (nSPS) is 13.1. The Bertz CT molecular complexity index is 899. The van der Waals surface area contributed by atoms with E-state index in [1.807, 2.05) is 6.07 Å². The van der Waals surface area contributed by atoms with E-state index in [4.69, 9.17) is 0 Å². The van der Waals surface area contributed by atoms with Gasteiger partial charge in [-0.3, -0.25) is 14.8 Å². The van der Waals surface area contributed by atoms with Gasteiger partial charge in [-0.1, -0.05) is 12.1 Å². The van der Waals surface area contributed by atoms with Gasteiger partial charge in [-0.05, 0) is 24.3 Å². The number of amides is 1. The van der Waals surface area contributed by atoms with Crippen molar-refractivity contribution in [1.82, 2.24) is 15.0 Å². The summed E-state index contributed by atoms with van der Waals surface area (Å²) in [5, 5.41) is 10.2. The van der Waals surface area contributed by atoms with Crippen molar-refractivity contribution in [1.29, 1.82) is 0 Å². The van der Waals surface area contributed by atoms with Crippen molar-refractivity contribution < 1.29 is 9.90 Å². The molecule has 106 valence electrons. The minimum atomic E-state index is -0.409. The zero-order valence-corrected chi connectivity index (χ0v) is 11.3. The van der Waals surface area contributed by atoms with Crippen LogP contribution < -0.4 is 0 Å². The molecule has 0 atom stereocenters. The molecule has 0 saturated heterocycles. The van der Waals surface area contributed by atoms with E-state index in [2.05, 4.69) is 19.9 Å². The van der Waals surface area contributed by atoms with Gasteiger partial charge >= 0.3 is 0 Å². The largest absolute Gasteiger partial charge is 0.494 e. The molecule has 0 unspecified atom stereocenters. The molecule has 0 saturated carbocycles. The molecule has 0 fully saturated rings. The quantitative estimate of drug-likeness (QED) is 0.756. The van der Waals surface area contributed by atoms with Crippen LogP contribution in [0.2, 0.25) is 0 Å². The van der Waals surface area contributed by atoms with E-state index in [9.17, 15) is 9.90 Å². The number of aromatic nitrogens is 3. The van der Waals surface area contributed by atoms with Crippen molar-refractivity contribution in [3.63, 3.8) is 0 Å². The monoisotopic (exact) mass is 290 g/mol. The summed E-state index contributed by atoms with van der Waals surface area (Å²) in [6.07, 6.45) is 3.24. The summed E-state index contributed by atoms with van der Waals surface area (Å²) in [6, 6.07) is 10.7. The van der Waals surface area contributed by atoms with E-state index in [1.54, 1.807) is 42.7 Å². The van der Waals surface area contributed by atoms with Gasteiger partial charge in [-0.15, -0.1) is 0 Å². The summed E-state index contributed by atoms with van der Waals surface area (Å²) in [7, 11) is 0. The molecule has 4 rings (SSSR count).